The molecule has 0 unspecified atom stereocenters. The van der Waals surface area contributed by atoms with Crippen molar-refractivity contribution in [2.75, 3.05) is 19.7 Å². The second kappa shape index (κ2) is 8.61. The molecule has 1 aromatic rings. The molecule has 1 aromatic carbocycles. The Balaban J connectivity index is 1.70. The zero-order valence-corrected chi connectivity index (χ0v) is 17.1. The van der Waals surface area contributed by atoms with Crippen molar-refractivity contribution in [2.24, 2.45) is 5.92 Å². The van der Waals surface area contributed by atoms with E-state index in [9.17, 15) is 13.2 Å². The van der Waals surface area contributed by atoms with Gasteiger partial charge in [-0.2, -0.15) is 4.31 Å². The van der Waals surface area contributed by atoms with Crippen LogP contribution in [0.4, 0.5) is 0 Å². The average Bonchev–Trinajstić information content (AvgIpc) is 3.16. The summed E-state index contributed by atoms with van der Waals surface area (Å²) in [6, 6.07) is 5.22. The number of carbonyl (C=O) groups excluding carboxylic acids is 1. The van der Waals surface area contributed by atoms with Crippen LogP contribution in [0.15, 0.2) is 23.1 Å². The zero-order chi connectivity index (χ0) is 19.4. The van der Waals surface area contributed by atoms with Gasteiger partial charge in [0.2, 0.25) is 15.9 Å². The average molecular weight is 395 g/mol. The van der Waals surface area contributed by atoms with Crippen LogP contribution in [0.1, 0.15) is 51.0 Å². The Morgan fingerprint density at radius 1 is 1.22 bits per heavy atom. The van der Waals surface area contributed by atoms with Crippen LogP contribution in [0, 0.1) is 12.8 Å². The van der Waals surface area contributed by atoms with Gasteiger partial charge in [-0.15, -0.1) is 0 Å². The first kappa shape index (κ1) is 20.1. The number of sulfonamides is 1. The van der Waals surface area contributed by atoms with Gasteiger partial charge in [-0.25, -0.2) is 8.42 Å². The maximum Gasteiger partial charge on any atom is 0.243 e. The molecule has 1 saturated carbocycles. The molecule has 1 aliphatic carbocycles. The van der Waals surface area contributed by atoms with E-state index in [1.54, 1.807) is 18.2 Å². The molecule has 0 aromatic heterocycles. The number of hydrogen-bond acceptors (Lipinski definition) is 4. The number of rotatable bonds is 6. The molecule has 150 valence electrons. The standard InChI is InChI=1S/C20H30N2O4S/c1-3-26-19-11-10-18(13-15(19)2)27(24,25)22-12-6-7-16(14-22)20(23)21-17-8-4-5-9-17/h10-11,13,16-17H,3-9,12,14H2,1-2H3,(H,21,23)/t16-/m0/s1. The molecule has 1 atom stereocenters. The molecule has 3 rings (SSSR count). The van der Waals surface area contributed by atoms with E-state index in [4.69, 9.17) is 4.74 Å². The van der Waals surface area contributed by atoms with Crippen molar-refractivity contribution in [3.63, 3.8) is 0 Å². The van der Waals surface area contributed by atoms with Gasteiger partial charge in [0.15, 0.2) is 0 Å². The maximum absolute atomic E-state index is 13.1. The Morgan fingerprint density at radius 2 is 1.96 bits per heavy atom. The van der Waals surface area contributed by atoms with Crippen molar-refractivity contribution < 1.29 is 17.9 Å². The first-order chi connectivity index (χ1) is 12.9. The van der Waals surface area contributed by atoms with Crippen LogP contribution in [-0.2, 0) is 14.8 Å². The summed E-state index contributed by atoms with van der Waals surface area (Å²) in [4.78, 5) is 12.8. The van der Waals surface area contributed by atoms with Crippen LogP contribution >= 0.6 is 0 Å². The molecule has 27 heavy (non-hydrogen) atoms. The number of piperidine rings is 1. The van der Waals surface area contributed by atoms with Crippen LogP contribution < -0.4 is 10.1 Å². The number of benzene rings is 1. The molecular weight excluding hydrogens is 364 g/mol. The molecule has 7 heteroatoms. The Labute approximate surface area is 162 Å². The predicted octanol–water partition coefficient (Wildman–Crippen LogP) is 2.85. The molecule has 0 bridgehead atoms. The fourth-order valence-corrected chi connectivity index (χ4v) is 5.62. The normalized spacial score (nSPS) is 21.9. The number of aryl methyl sites for hydroxylation is 1. The quantitative estimate of drug-likeness (QED) is 0.805. The molecule has 1 amide bonds. The minimum Gasteiger partial charge on any atom is -0.494 e. The number of ether oxygens (including phenoxy) is 1. The summed E-state index contributed by atoms with van der Waals surface area (Å²) in [5.74, 6) is 0.437. The van der Waals surface area contributed by atoms with E-state index in [1.807, 2.05) is 13.8 Å². The second-order valence-corrected chi connectivity index (χ2v) is 9.49. The smallest absolute Gasteiger partial charge is 0.243 e. The monoisotopic (exact) mass is 394 g/mol. The lowest BCUT2D eigenvalue weighted by Crippen LogP contribution is -2.47. The summed E-state index contributed by atoms with van der Waals surface area (Å²) in [6.45, 7) is 5.00. The van der Waals surface area contributed by atoms with E-state index in [-0.39, 0.29) is 29.3 Å². The van der Waals surface area contributed by atoms with Crippen molar-refractivity contribution in [3.05, 3.63) is 23.8 Å². The van der Waals surface area contributed by atoms with Gasteiger partial charge in [0.1, 0.15) is 5.75 Å². The molecule has 2 fully saturated rings. The first-order valence-electron chi connectivity index (χ1n) is 9.95. The topological polar surface area (TPSA) is 75.7 Å². The van der Waals surface area contributed by atoms with Crippen LogP contribution in [0.2, 0.25) is 0 Å². The number of amides is 1. The van der Waals surface area contributed by atoms with Crippen molar-refractivity contribution in [3.8, 4) is 5.75 Å². The van der Waals surface area contributed by atoms with E-state index in [1.165, 1.54) is 4.31 Å². The Morgan fingerprint density at radius 3 is 2.63 bits per heavy atom. The highest BCUT2D eigenvalue weighted by Crippen LogP contribution is 2.28. The zero-order valence-electron chi connectivity index (χ0n) is 16.2. The Kier molecular flexibility index (Phi) is 6.42. The maximum atomic E-state index is 13.1. The lowest BCUT2D eigenvalue weighted by Gasteiger charge is -2.32. The van der Waals surface area contributed by atoms with E-state index >= 15 is 0 Å². The van der Waals surface area contributed by atoms with Crippen LogP contribution in [-0.4, -0.2) is 44.4 Å². The van der Waals surface area contributed by atoms with Gasteiger partial charge in [0, 0.05) is 19.1 Å². The summed E-state index contributed by atoms with van der Waals surface area (Å²) in [6.07, 6.45) is 5.84. The van der Waals surface area contributed by atoms with Crippen molar-refractivity contribution >= 4 is 15.9 Å². The summed E-state index contributed by atoms with van der Waals surface area (Å²) in [5.41, 5.74) is 0.797. The third-order valence-electron chi connectivity index (χ3n) is 5.54. The van der Waals surface area contributed by atoms with E-state index < -0.39 is 10.0 Å². The molecular formula is C20H30N2O4S. The highest BCUT2D eigenvalue weighted by molar-refractivity contribution is 7.89. The summed E-state index contributed by atoms with van der Waals surface area (Å²) >= 11 is 0. The van der Waals surface area contributed by atoms with E-state index in [2.05, 4.69) is 5.32 Å². The fraction of sp³-hybridized carbons (Fsp3) is 0.650. The predicted molar refractivity (Wildman–Crippen MR) is 104 cm³/mol. The van der Waals surface area contributed by atoms with Gasteiger partial charge in [-0.1, -0.05) is 12.8 Å². The van der Waals surface area contributed by atoms with Crippen molar-refractivity contribution in [1.82, 2.24) is 9.62 Å². The highest BCUT2D eigenvalue weighted by atomic mass is 32.2. The van der Waals surface area contributed by atoms with Crippen molar-refractivity contribution in [1.29, 1.82) is 0 Å². The van der Waals surface area contributed by atoms with Gasteiger partial charge < -0.3 is 10.1 Å². The van der Waals surface area contributed by atoms with Crippen LogP contribution in [0.3, 0.4) is 0 Å². The first-order valence-corrected chi connectivity index (χ1v) is 11.4. The SMILES string of the molecule is CCOc1ccc(S(=O)(=O)N2CCC[C@H](C(=O)NC3CCCC3)C2)cc1C. The van der Waals surface area contributed by atoms with Gasteiger partial charge in [-0.3, -0.25) is 4.79 Å². The van der Waals surface area contributed by atoms with Gasteiger partial charge >= 0.3 is 0 Å². The third kappa shape index (κ3) is 4.63. The summed E-state index contributed by atoms with van der Waals surface area (Å²) in [5, 5.41) is 3.11. The molecule has 6 nitrogen and oxygen atoms in total. The van der Waals surface area contributed by atoms with Crippen LogP contribution in [0.5, 0.6) is 5.75 Å². The molecule has 0 spiro atoms. The molecule has 1 aliphatic heterocycles. The minimum atomic E-state index is -3.61. The van der Waals surface area contributed by atoms with Crippen molar-refractivity contribution in [2.45, 2.75) is 63.3 Å². The second-order valence-electron chi connectivity index (χ2n) is 7.55. The number of nitrogens with zero attached hydrogens (tertiary/aromatic N) is 1. The summed E-state index contributed by atoms with van der Waals surface area (Å²) in [7, 11) is -3.61. The largest absolute Gasteiger partial charge is 0.494 e. The fourth-order valence-electron chi connectivity index (χ4n) is 4.01. The number of nitrogens with one attached hydrogen (secondary N) is 1. The molecule has 1 saturated heterocycles. The van der Waals surface area contributed by atoms with Gasteiger partial charge in [0.05, 0.1) is 17.4 Å². The van der Waals surface area contributed by atoms with E-state index in [0.29, 0.717) is 25.3 Å². The molecule has 0 radical (unpaired) electrons. The lowest BCUT2D eigenvalue weighted by atomic mass is 9.98. The molecule has 2 aliphatic rings. The van der Waals surface area contributed by atoms with Gasteiger partial charge in [0.25, 0.3) is 0 Å². The lowest BCUT2D eigenvalue weighted by molar-refractivity contribution is -0.126. The molecule has 1 heterocycles. The number of hydrogen-bond donors (Lipinski definition) is 1. The summed E-state index contributed by atoms with van der Waals surface area (Å²) < 4.78 is 33.1. The van der Waals surface area contributed by atoms with Crippen LogP contribution in [0.25, 0.3) is 0 Å². The third-order valence-corrected chi connectivity index (χ3v) is 7.40. The minimum absolute atomic E-state index is 0.00433. The highest BCUT2D eigenvalue weighted by Gasteiger charge is 2.34. The Hall–Kier alpha value is -1.60. The van der Waals surface area contributed by atoms with Gasteiger partial charge in [-0.05, 0) is 63.3 Å². The molecule has 1 N–H and O–H groups in total. The van der Waals surface area contributed by atoms with E-state index in [0.717, 1.165) is 37.7 Å². The number of carbonyl (C=O) groups is 1. The Bertz CT molecular complexity index is 772.